The zero-order valence-corrected chi connectivity index (χ0v) is 21.7. The summed E-state index contributed by atoms with van der Waals surface area (Å²) in [6, 6.07) is 11.5. The van der Waals surface area contributed by atoms with Crippen LogP contribution >= 0.6 is 22.6 Å². The molecular weight excluding hydrogens is 543 g/mol. The molecule has 0 bridgehead atoms. The minimum atomic E-state index is -0.164. The summed E-state index contributed by atoms with van der Waals surface area (Å²) >= 11 is 2.24. The number of ether oxygens (including phenoxy) is 1. The van der Waals surface area contributed by atoms with E-state index in [2.05, 4.69) is 48.2 Å². The van der Waals surface area contributed by atoms with E-state index in [0.717, 1.165) is 40.6 Å². The molecule has 9 heteroatoms. The minimum absolute atomic E-state index is 0.105. The summed E-state index contributed by atoms with van der Waals surface area (Å²) < 4.78 is 7.00. The molecule has 34 heavy (non-hydrogen) atoms. The largest absolute Gasteiger partial charge is 0.438 e. The molecule has 1 fully saturated rings. The number of hydrogen-bond donors (Lipinski definition) is 2. The molecule has 8 nitrogen and oxygen atoms in total. The Kier molecular flexibility index (Phi) is 7.81. The summed E-state index contributed by atoms with van der Waals surface area (Å²) in [5, 5.41) is 6.62. The lowest BCUT2D eigenvalue weighted by Crippen LogP contribution is -2.40. The molecule has 1 aliphatic rings. The molecular formula is C25H29IN6O2. The Labute approximate surface area is 213 Å². The average molecular weight is 572 g/mol. The number of pyridine rings is 1. The lowest BCUT2D eigenvalue weighted by Gasteiger charge is -2.30. The van der Waals surface area contributed by atoms with Crippen molar-refractivity contribution in [3.05, 3.63) is 63.5 Å². The van der Waals surface area contributed by atoms with E-state index in [0.29, 0.717) is 23.1 Å². The summed E-state index contributed by atoms with van der Waals surface area (Å²) in [5.74, 6) is 2.36. The van der Waals surface area contributed by atoms with Gasteiger partial charge in [-0.1, -0.05) is 0 Å². The third-order valence-corrected chi connectivity index (χ3v) is 6.53. The summed E-state index contributed by atoms with van der Waals surface area (Å²) in [5.41, 5.74) is 1.48. The van der Waals surface area contributed by atoms with Crippen molar-refractivity contribution in [2.75, 3.05) is 24.3 Å². The van der Waals surface area contributed by atoms with Crippen LogP contribution in [0.4, 0.5) is 11.8 Å². The van der Waals surface area contributed by atoms with Crippen molar-refractivity contribution in [2.24, 2.45) is 0 Å². The van der Waals surface area contributed by atoms with Gasteiger partial charge in [0.15, 0.2) is 0 Å². The van der Waals surface area contributed by atoms with Crippen LogP contribution in [-0.4, -0.2) is 47.0 Å². The Morgan fingerprint density at radius 3 is 2.47 bits per heavy atom. The Morgan fingerprint density at radius 2 is 1.76 bits per heavy atom. The predicted octanol–water partition coefficient (Wildman–Crippen LogP) is 4.80. The van der Waals surface area contributed by atoms with Crippen LogP contribution in [0.25, 0.3) is 0 Å². The number of rotatable bonds is 7. The third kappa shape index (κ3) is 6.13. The molecule has 1 amide bonds. The third-order valence-electron chi connectivity index (χ3n) is 5.81. The number of aromatic nitrogens is 3. The summed E-state index contributed by atoms with van der Waals surface area (Å²) in [4.78, 5) is 28.3. The van der Waals surface area contributed by atoms with Gasteiger partial charge in [-0.15, -0.1) is 0 Å². The van der Waals surface area contributed by atoms with Gasteiger partial charge in [-0.2, -0.15) is 4.98 Å². The van der Waals surface area contributed by atoms with E-state index in [1.54, 1.807) is 18.3 Å². The molecule has 2 aromatic heterocycles. The predicted molar refractivity (Wildman–Crippen MR) is 142 cm³/mol. The maximum Gasteiger partial charge on any atom is 0.257 e. The van der Waals surface area contributed by atoms with Gasteiger partial charge in [-0.25, -0.2) is 9.97 Å². The molecule has 0 spiro atoms. The Balaban J connectivity index is 1.33. The first-order valence-electron chi connectivity index (χ1n) is 11.4. The number of amides is 1. The van der Waals surface area contributed by atoms with Gasteiger partial charge in [-0.05, 0) is 91.6 Å². The molecule has 0 radical (unpaired) electrons. The van der Waals surface area contributed by atoms with Crippen molar-refractivity contribution in [3.8, 4) is 11.6 Å². The van der Waals surface area contributed by atoms with Gasteiger partial charge < -0.3 is 20.3 Å². The number of nitrogens with zero attached hydrogens (tertiary/aromatic N) is 4. The van der Waals surface area contributed by atoms with Crippen LogP contribution in [0.2, 0.25) is 0 Å². The first-order valence-corrected chi connectivity index (χ1v) is 12.4. The lowest BCUT2D eigenvalue weighted by atomic mass is 9.91. The molecule has 0 saturated heterocycles. The number of carbonyl (C=O) groups excluding carboxylic acids is 1. The monoisotopic (exact) mass is 572 g/mol. The first kappa shape index (κ1) is 24.2. The Hall–Kier alpha value is -2.95. The van der Waals surface area contributed by atoms with Gasteiger partial charge in [0.2, 0.25) is 11.8 Å². The highest BCUT2D eigenvalue weighted by molar-refractivity contribution is 14.1. The second-order valence-electron chi connectivity index (χ2n) is 8.67. The molecule has 0 aliphatic heterocycles. The fraction of sp³-hybridized carbons (Fsp3) is 0.360. The number of hydrogen-bond acceptors (Lipinski definition) is 7. The molecule has 2 heterocycles. The van der Waals surface area contributed by atoms with Crippen molar-refractivity contribution in [3.63, 3.8) is 0 Å². The van der Waals surface area contributed by atoms with Crippen LogP contribution in [0.5, 0.6) is 11.6 Å². The van der Waals surface area contributed by atoms with Crippen LogP contribution in [0.15, 0.2) is 48.8 Å². The fourth-order valence-corrected chi connectivity index (χ4v) is 4.40. The summed E-state index contributed by atoms with van der Waals surface area (Å²) in [6.45, 7) is 2.01. The van der Waals surface area contributed by atoms with E-state index < -0.39 is 0 Å². The molecule has 4 rings (SSSR count). The average Bonchev–Trinajstić information content (AvgIpc) is 2.83. The summed E-state index contributed by atoms with van der Waals surface area (Å²) in [6.07, 6.45) is 7.09. The molecule has 0 atom stereocenters. The lowest BCUT2D eigenvalue weighted by molar-refractivity contribution is 0.0923. The normalized spacial score (nSPS) is 17.6. The fourth-order valence-electron chi connectivity index (χ4n) is 4.04. The second kappa shape index (κ2) is 11.0. The SMILES string of the molecule is Cc1cnc(NC2CCC(NC(=O)c3cccnc3Oc3ccc(I)cc3)CC2)nc1N(C)C. The van der Waals surface area contributed by atoms with Crippen molar-refractivity contribution in [1.82, 2.24) is 20.3 Å². The number of carbonyl (C=O) groups is 1. The van der Waals surface area contributed by atoms with Crippen LogP contribution in [0.3, 0.4) is 0 Å². The van der Waals surface area contributed by atoms with Gasteiger partial charge in [-0.3, -0.25) is 4.79 Å². The highest BCUT2D eigenvalue weighted by atomic mass is 127. The van der Waals surface area contributed by atoms with E-state index in [-0.39, 0.29) is 18.0 Å². The quantitative estimate of drug-likeness (QED) is 0.394. The second-order valence-corrected chi connectivity index (χ2v) is 9.92. The summed E-state index contributed by atoms with van der Waals surface area (Å²) in [7, 11) is 3.96. The number of nitrogens with one attached hydrogen (secondary N) is 2. The zero-order valence-electron chi connectivity index (χ0n) is 19.6. The smallest absolute Gasteiger partial charge is 0.257 e. The van der Waals surface area contributed by atoms with Crippen LogP contribution in [0.1, 0.15) is 41.6 Å². The molecule has 1 aromatic carbocycles. The van der Waals surface area contributed by atoms with Gasteiger partial charge in [0.05, 0.1) is 0 Å². The van der Waals surface area contributed by atoms with Crippen LogP contribution in [0, 0.1) is 10.5 Å². The number of anilines is 2. The van der Waals surface area contributed by atoms with Crippen molar-refractivity contribution >= 4 is 40.3 Å². The standard InChI is InChI=1S/C25H29IN6O2/c1-16-15-28-25(31-22(16)32(2)3)30-19-10-8-18(9-11-19)29-23(33)21-5-4-14-27-24(21)34-20-12-6-17(26)7-13-20/h4-7,12-15,18-19H,8-11H2,1-3H3,(H,29,33)(H,28,30,31). The van der Waals surface area contributed by atoms with Gasteiger partial charge in [0, 0.05) is 47.7 Å². The Bertz CT molecular complexity index is 1130. The minimum Gasteiger partial charge on any atom is -0.438 e. The van der Waals surface area contributed by atoms with Crippen molar-refractivity contribution in [1.29, 1.82) is 0 Å². The van der Waals surface area contributed by atoms with E-state index in [9.17, 15) is 4.79 Å². The molecule has 178 valence electrons. The maximum atomic E-state index is 13.0. The molecule has 1 aliphatic carbocycles. The topological polar surface area (TPSA) is 92.3 Å². The van der Waals surface area contributed by atoms with Crippen LogP contribution in [-0.2, 0) is 0 Å². The number of aryl methyl sites for hydroxylation is 1. The molecule has 0 unspecified atom stereocenters. The first-order chi connectivity index (χ1) is 16.4. The van der Waals surface area contributed by atoms with E-state index >= 15 is 0 Å². The molecule has 1 saturated carbocycles. The van der Waals surface area contributed by atoms with Crippen molar-refractivity contribution in [2.45, 2.75) is 44.7 Å². The highest BCUT2D eigenvalue weighted by Gasteiger charge is 2.25. The van der Waals surface area contributed by atoms with E-state index in [1.807, 2.05) is 56.4 Å². The van der Waals surface area contributed by atoms with Gasteiger partial charge in [0.1, 0.15) is 17.1 Å². The van der Waals surface area contributed by atoms with Gasteiger partial charge in [0.25, 0.3) is 5.91 Å². The molecule has 3 aromatic rings. The van der Waals surface area contributed by atoms with Crippen molar-refractivity contribution < 1.29 is 9.53 Å². The Morgan fingerprint density at radius 1 is 1.06 bits per heavy atom. The number of benzene rings is 1. The maximum absolute atomic E-state index is 13.0. The number of halogens is 1. The zero-order chi connectivity index (χ0) is 24.1. The highest BCUT2D eigenvalue weighted by Crippen LogP contribution is 2.26. The molecule has 2 N–H and O–H groups in total. The van der Waals surface area contributed by atoms with Gasteiger partial charge >= 0.3 is 0 Å². The van der Waals surface area contributed by atoms with E-state index in [1.165, 1.54) is 0 Å². The van der Waals surface area contributed by atoms with E-state index in [4.69, 9.17) is 4.74 Å². The van der Waals surface area contributed by atoms with Crippen LogP contribution < -0.4 is 20.3 Å².